The molecule has 0 bridgehead atoms. The van der Waals surface area contributed by atoms with Gasteiger partial charge in [-0.15, -0.1) is 12.8 Å². The minimum absolute atomic E-state index is 0.0706. The Balaban J connectivity index is 1.96. The SMILES string of the molecule is C#CCOc1ccc(C2(C(=O)c3ccccc3)CO2)c(OCC#C)c1. The third-order valence-corrected chi connectivity index (χ3v) is 3.86. The second kappa shape index (κ2) is 7.13. The zero-order valence-corrected chi connectivity index (χ0v) is 13.5. The summed E-state index contributed by atoms with van der Waals surface area (Å²) in [5.74, 6) is 5.70. The molecule has 4 nitrogen and oxygen atoms in total. The number of Topliss-reactive ketones (excluding diaryl/α,β-unsaturated/α-hetero) is 1. The Hall–Kier alpha value is -3.21. The minimum atomic E-state index is -1.05. The van der Waals surface area contributed by atoms with E-state index in [0.29, 0.717) is 22.6 Å². The van der Waals surface area contributed by atoms with E-state index < -0.39 is 5.60 Å². The average molecular weight is 332 g/mol. The van der Waals surface area contributed by atoms with Crippen LogP contribution in [0.25, 0.3) is 0 Å². The first-order valence-electron chi connectivity index (χ1n) is 7.72. The quantitative estimate of drug-likeness (QED) is 0.444. The van der Waals surface area contributed by atoms with Crippen LogP contribution in [0.5, 0.6) is 11.5 Å². The Morgan fingerprint density at radius 3 is 2.40 bits per heavy atom. The molecule has 4 heteroatoms. The molecule has 1 heterocycles. The van der Waals surface area contributed by atoms with Crippen molar-refractivity contribution in [2.75, 3.05) is 19.8 Å². The van der Waals surface area contributed by atoms with E-state index in [-0.39, 0.29) is 25.6 Å². The lowest BCUT2D eigenvalue weighted by molar-refractivity contribution is 0.0867. The summed E-state index contributed by atoms with van der Waals surface area (Å²) in [6.07, 6.45) is 10.5. The number of ketones is 1. The largest absolute Gasteiger partial charge is 0.481 e. The first kappa shape index (κ1) is 16.6. The second-order valence-electron chi connectivity index (χ2n) is 5.45. The van der Waals surface area contributed by atoms with Crippen LogP contribution in [0.3, 0.4) is 0 Å². The molecule has 1 unspecified atom stereocenters. The molecule has 0 aromatic heterocycles. The van der Waals surface area contributed by atoms with Crippen molar-refractivity contribution in [1.82, 2.24) is 0 Å². The summed E-state index contributed by atoms with van der Waals surface area (Å²) < 4.78 is 16.6. The molecule has 0 saturated carbocycles. The van der Waals surface area contributed by atoms with Gasteiger partial charge in [0, 0.05) is 17.2 Å². The number of carbonyl (C=O) groups excluding carboxylic acids is 1. The normalized spacial score (nSPS) is 17.8. The van der Waals surface area contributed by atoms with Crippen LogP contribution < -0.4 is 9.47 Å². The van der Waals surface area contributed by atoms with Crippen LogP contribution in [0.15, 0.2) is 48.5 Å². The lowest BCUT2D eigenvalue weighted by atomic mass is 9.90. The molecule has 25 heavy (non-hydrogen) atoms. The number of carbonyl (C=O) groups is 1. The Kier molecular flexibility index (Phi) is 4.75. The maximum Gasteiger partial charge on any atom is 0.201 e. The molecule has 1 saturated heterocycles. The highest BCUT2D eigenvalue weighted by atomic mass is 16.6. The molecule has 3 rings (SSSR count). The molecule has 1 fully saturated rings. The number of terminal acetylenes is 2. The van der Waals surface area contributed by atoms with Crippen LogP contribution in [0, 0.1) is 24.7 Å². The summed E-state index contributed by atoms with van der Waals surface area (Å²) >= 11 is 0. The van der Waals surface area contributed by atoms with Gasteiger partial charge in [0.1, 0.15) is 24.7 Å². The Labute approximate surface area is 146 Å². The summed E-state index contributed by atoms with van der Waals surface area (Å²) in [5, 5.41) is 0. The van der Waals surface area contributed by atoms with Gasteiger partial charge in [0.25, 0.3) is 0 Å². The number of rotatable bonds is 7. The van der Waals surface area contributed by atoms with E-state index in [1.807, 2.05) is 18.2 Å². The zero-order chi connectivity index (χ0) is 17.7. The fraction of sp³-hybridized carbons (Fsp3) is 0.190. The molecule has 124 valence electrons. The summed E-state index contributed by atoms with van der Waals surface area (Å²) in [4.78, 5) is 12.9. The topological polar surface area (TPSA) is 48.1 Å². The molecule has 1 aliphatic rings. The van der Waals surface area contributed by atoms with Crippen molar-refractivity contribution >= 4 is 5.78 Å². The molecule has 0 spiro atoms. The minimum Gasteiger partial charge on any atom is -0.481 e. The highest BCUT2D eigenvalue weighted by molar-refractivity contribution is 6.05. The Bertz CT molecular complexity index is 852. The lowest BCUT2D eigenvalue weighted by Gasteiger charge is -2.17. The zero-order valence-electron chi connectivity index (χ0n) is 13.5. The highest BCUT2D eigenvalue weighted by Gasteiger charge is 2.55. The van der Waals surface area contributed by atoms with Gasteiger partial charge in [0.15, 0.2) is 5.60 Å². The van der Waals surface area contributed by atoms with Gasteiger partial charge in [-0.25, -0.2) is 0 Å². The van der Waals surface area contributed by atoms with Gasteiger partial charge >= 0.3 is 0 Å². The maximum atomic E-state index is 12.9. The van der Waals surface area contributed by atoms with Gasteiger partial charge in [-0.1, -0.05) is 42.2 Å². The van der Waals surface area contributed by atoms with Gasteiger partial charge in [0.2, 0.25) is 5.78 Å². The van der Waals surface area contributed by atoms with E-state index in [1.54, 1.807) is 30.3 Å². The van der Waals surface area contributed by atoms with E-state index in [1.165, 1.54) is 0 Å². The average Bonchev–Trinajstić information content (AvgIpc) is 3.46. The Morgan fingerprint density at radius 2 is 1.76 bits per heavy atom. The molecular formula is C21H16O4. The molecule has 0 amide bonds. The molecule has 0 aliphatic carbocycles. The van der Waals surface area contributed by atoms with Crippen LogP contribution in [-0.2, 0) is 10.3 Å². The van der Waals surface area contributed by atoms with E-state index in [9.17, 15) is 4.79 Å². The van der Waals surface area contributed by atoms with E-state index in [4.69, 9.17) is 27.1 Å². The van der Waals surface area contributed by atoms with Crippen LogP contribution in [0.1, 0.15) is 15.9 Å². The summed E-state index contributed by atoms with van der Waals surface area (Å²) in [7, 11) is 0. The molecule has 0 N–H and O–H groups in total. The monoisotopic (exact) mass is 332 g/mol. The fourth-order valence-corrected chi connectivity index (χ4v) is 2.59. The molecule has 1 atom stereocenters. The second-order valence-corrected chi connectivity index (χ2v) is 5.45. The van der Waals surface area contributed by atoms with Gasteiger partial charge < -0.3 is 14.2 Å². The van der Waals surface area contributed by atoms with Gasteiger partial charge in [-0.05, 0) is 12.1 Å². The molecule has 1 aliphatic heterocycles. The van der Waals surface area contributed by atoms with Crippen LogP contribution >= 0.6 is 0 Å². The van der Waals surface area contributed by atoms with Crippen molar-refractivity contribution in [2.45, 2.75) is 5.60 Å². The number of hydrogen-bond acceptors (Lipinski definition) is 4. The van der Waals surface area contributed by atoms with Gasteiger partial charge in [-0.3, -0.25) is 4.79 Å². The number of epoxide rings is 1. The third-order valence-electron chi connectivity index (χ3n) is 3.86. The molecular weight excluding hydrogens is 316 g/mol. The third kappa shape index (κ3) is 3.35. The highest BCUT2D eigenvalue weighted by Crippen LogP contribution is 2.46. The van der Waals surface area contributed by atoms with E-state index in [0.717, 1.165) is 0 Å². The van der Waals surface area contributed by atoms with E-state index >= 15 is 0 Å². The van der Waals surface area contributed by atoms with Crippen molar-refractivity contribution in [1.29, 1.82) is 0 Å². The summed E-state index contributed by atoms with van der Waals surface area (Å²) in [6, 6.07) is 14.2. The van der Waals surface area contributed by atoms with Crippen LogP contribution in [-0.4, -0.2) is 25.6 Å². The fourth-order valence-electron chi connectivity index (χ4n) is 2.59. The first-order valence-corrected chi connectivity index (χ1v) is 7.72. The summed E-state index contributed by atoms with van der Waals surface area (Å²) in [5.41, 5.74) is 0.163. The standard InChI is InChI=1S/C21H16O4/c1-3-12-23-17-10-11-18(19(14-17)24-13-4-2)21(15-25-21)20(22)16-8-6-5-7-9-16/h1-2,5-11,14H,12-13,15H2. The predicted molar refractivity (Wildman–Crippen MR) is 93.5 cm³/mol. The molecule has 2 aromatic rings. The molecule has 0 radical (unpaired) electrons. The molecule has 2 aromatic carbocycles. The van der Waals surface area contributed by atoms with Crippen molar-refractivity contribution in [2.24, 2.45) is 0 Å². The van der Waals surface area contributed by atoms with Crippen molar-refractivity contribution in [3.8, 4) is 36.2 Å². The predicted octanol–water partition coefficient (Wildman–Crippen LogP) is 2.82. The van der Waals surface area contributed by atoms with Gasteiger partial charge in [0.05, 0.1) is 6.61 Å². The van der Waals surface area contributed by atoms with Crippen molar-refractivity contribution in [3.05, 3.63) is 59.7 Å². The van der Waals surface area contributed by atoms with Gasteiger partial charge in [-0.2, -0.15) is 0 Å². The number of hydrogen-bond donors (Lipinski definition) is 0. The van der Waals surface area contributed by atoms with Crippen LogP contribution in [0.2, 0.25) is 0 Å². The smallest absolute Gasteiger partial charge is 0.201 e. The maximum absolute atomic E-state index is 12.9. The van der Waals surface area contributed by atoms with E-state index in [2.05, 4.69) is 11.8 Å². The number of ether oxygens (including phenoxy) is 3. The van der Waals surface area contributed by atoms with Crippen LogP contribution in [0.4, 0.5) is 0 Å². The number of benzene rings is 2. The summed E-state index contributed by atoms with van der Waals surface area (Å²) in [6.45, 7) is 0.497. The first-order chi connectivity index (χ1) is 12.2. The van der Waals surface area contributed by atoms with Crippen molar-refractivity contribution in [3.63, 3.8) is 0 Å². The van der Waals surface area contributed by atoms with Crippen molar-refractivity contribution < 1.29 is 19.0 Å². The Morgan fingerprint density at radius 1 is 1.08 bits per heavy atom. The lowest BCUT2D eigenvalue weighted by Crippen LogP contribution is -2.23.